The van der Waals surface area contributed by atoms with E-state index < -0.39 is 0 Å². The average molecular weight is 373 g/mol. The van der Waals surface area contributed by atoms with Crippen LogP contribution in [-0.2, 0) is 0 Å². The molecule has 134 valence electrons. The molecule has 0 aliphatic heterocycles. The third kappa shape index (κ3) is 3.97. The van der Waals surface area contributed by atoms with E-state index in [1.54, 1.807) is 33.5 Å². The quantitative estimate of drug-likeness (QED) is 0.634. The molecule has 0 unspecified atom stereocenters. The monoisotopic (exact) mass is 372 g/mol. The summed E-state index contributed by atoms with van der Waals surface area (Å²) in [6.07, 6.45) is 1.71. The number of ether oxygens (including phenoxy) is 3. The molecular weight excluding hydrogens is 356 g/mol. The second-order valence-corrected chi connectivity index (χ2v) is 5.70. The molecule has 0 atom stereocenters. The van der Waals surface area contributed by atoms with Gasteiger partial charge in [0.1, 0.15) is 22.3 Å². The third-order valence-electron chi connectivity index (χ3n) is 3.65. The highest BCUT2D eigenvalue weighted by molar-refractivity contribution is 6.50. The normalized spacial score (nSPS) is 11.3. The van der Waals surface area contributed by atoms with Gasteiger partial charge in [-0.15, -0.1) is 0 Å². The molecular formula is C19H17ClN2O4. The minimum Gasteiger partial charge on any atom is -0.497 e. The van der Waals surface area contributed by atoms with Crippen molar-refractivity contribution in [1.29, 1.82) is 0 Å². The maximum absolute atomic E-state index is 6.34. The predicted octanol–water partition coefficient (Wildman–Crippen LogP) is 4.50. The average Bonchev–Trinajstić information content (AvgIpc) is 3.18. The second kappa shape index (κ2) is 7.93. The maximum Gasteiger partial charge on any atom is 0.269 e. The van der Waals surface area contributed by atoms with Crippen LogP contribution >= 0.6 is 11.6 Å². The first-order chi connectivity index (χ1) is 12.6. The number of methoxy groups -OCH3 is 3. The summed E-state index contributed by atoms with van der Waals surface area (Å²) in [6, 6.07) is 12.8. The smallest absolute Gasteiger partial charge is 0.269 e. The number of halogens is 1. The van der Waals surface area contributed by atoms with Gasteiger partial charge >= 0.3 is 0 Å². The van der Waals surface area contributed by atoms with Crippen molar-refractivity contribution in [2.45, 2.75) is 0 Å². The van der Waals surface area contributed by atoms with Gasteiger partial charge in [0, 0.05) is 11.6 Å². The molecule has 0 aliphatic rings. The molecule has 1 heterocycles. The van der Waals surface area contributed by atoms with Crippen LogP contribution in [0.15, 0.2) is 47.0 Å². The number of rotatable bonds is 6. The zero-order valence-corrected chi connectivity index (χ0v) is 15.3. The molecule has 3 aromatic rings. The zero-order valence-electron chi connectivity index (χ0n) is 14.5. The number of benzene rings is 2. The molecule has 0 amide bonds. The van der Waals surface area contributed by atoms with E-state index in [2.05, 4.69) is 10.1 Å². The molecule has 0 N–H and O–H groups in total. The van der Waals surface area contributed by atoms with Crippen LogP contribution < -0.4 is 14.2 Å². The fourth-order valence-electron chi connectivity index (χ4n) is 2.30. The van der Waals surface area contributed by atoms with Crippen LogP contribution in [0.1, 0.15) is 11.5 Å². The molecule has 0 bridgehead atoms. The Morgan fingerprint density at radius 3 is 2.12 bits per heavy atom. The van der Waals surface area contributed by atoms with E-state index >= 15 is 0 Å². The predicted molar refractivity (Wildman–Crippen MR) is 99.6 cm³/mol. The first-order valence-corrected chi connectivity index (χ1v) is 8.09. The highest BCUT2D eigenvalue weighted by Gasteiger charge is 2.12. The fourth-order valence-corrected chi connectivity index (χ4v) is 2.50. The molecule has 6 nitrogen and oxygen atoms in total. The van der Waals surface area contributed by atoms with Crippen LogP contribution in [0.5, 0.6) is 17.2 Å². The van der Waals surface area contributed by atoms with Crippen LogP contribution in [0.4, 0.5) is 0 Å². The van der Waals surface area contributed by atoms with Crippen molar-refractivity contribution < 1.29 is 18.7 Å². The molecule has 7 heteroatoms. The van der Waals surface area contributed by atoms with Gasteiger partial charge in [-0.3, -0.25) is 0 Å². The first kappa shape index (κ1) is 17.8. The van der Waals surface area contributed by atoms with Crippen molar-refractivity contribution in [3.8, 4) is 28.6 Å². The summed E-state index contributed by atoms with van der Waals surface area (Å²) >= 11 is 6.34. The summed E-state index contributed by atoms with van der Waals surface area (Å²) in [5, 5.41) is 4.28. The van der Waals surface area contributed by atoms with Gasteiger partial charge in [0.05, 0.1) is 21.3 Å². The lowest BCUT2D eigenvalue weighted by Crippen LogP contribution is -1.88. The van der Waals surface area contributed by atoms with Gasteiger partial charge < -0.3 is 18.7 Å². The molecule has 0 radical (unpaired) electrons. The van der Waals surface area contributed by atoms with Gasteiger partial charge in [-0.05, 0) is 48.0 Å². The SMILES string of the molecule is COc1ccc(-c2noc(/C(Cl)=C/c3cc(OC)cc(OC)c3)n2)cc1. The molecule has 1 aromatic heterocycles. The minimum absolute atomic E-state index is 0.222. The molecule has 0 saturated carbocycles. The Balaban J connectivity index is 1.87. The summed E-state index contributed by atoms with van der Waals surface area (Å²) in [5.74, 6) is 2.73. The highest BCUT2D eigenvalue weighted by atomic mass is 35.5. The number of aromatic nitrogens is 2. The first-order valence-electron chi connectivity index (χ1n) is 7.71. The Bertz CT molecular complexity index is 897. The van der Waals surface area contributed by atoms with Crippen molar-refractivity contribution in [2.24, 2.45) is 0 Å². The van der Waals surface area contributed by atoms with Crippen LogP contribution in [0.25, 0.3) is 22.5 Å². The van der Waals surface area contributed by atoms with Crippen molar-refractivity contribution in [2.75, 3.05) is 21.3 Å². The number of hydrogen-bond acceptors (Lipinski definition) is 6. The fraction of sp³-hybridized carbons (Fsp3) is 0.158. The van der Waals surface area contributed by atoms with Crippen LogP contribution in [-0.4, -0.2) is 31.5 Å². The second-order valence-electron chi connectivity index (χ2n) is 5.29. The molecule has 0 saturated heterocycles. The standard InChI is InChI=1S/C19H17ClN2O4/c1-23-14-6-4-13(5-7-14)18-21-19(26-22-18)17(20)10-12-8-15(24-2)11-16(9-12)25-3/h4-11H,1-3H3/b17-10-. The summed E-state index contributed by atoms with van der Waals surface area (Å²) < 4.78 is 20.9. The zero-order chi connectivity index (χ0) is 18.5. The van der Waals surface area contributed by atoms with Crippen LogP contribution in [0.3, 0.4) is 0 Å². The van der Waals surface area contributed by atoms with E-state index in [4.69, 9.17) is 30.3 Å². The van der Waals surface area contributed by atoms with E-state index in [0.717, 1.165) is 16.9 Å². The lowest BCUT2D eigenvalue weighted by atomic mass is 10.2. The Morgan fingerprint density at radius 2 is 1.54 bits per heavy atom. The Morgan fingerprint density at radius 1 is 0.923 bits per heavy atom. The van der Waals surface area contributed by atoms with E-state index in [0.29, 0.717) is 22.4 Å². The summed E-state index contributed by atoms with van der Waals surface area (Å²) in [6.45, 7) is 0. The Kier molecular flexibility index (Phi) is 5.43. The summed E-state index contributed by atoms with van der Waals surface area (Å²) in [7, 11) is 4.78. The van der Waals surface area contributed by atoms with E-state index in [1.807, 2.05) is 36.4 Å². The van der Waals surface area contributed by atoms with Gasteiger partial charge in [0.2, 0.25) is 5.82 Å². The van der Waals surface area contributed by atoms with Gasteiger partial charge in [-0.25, -0.2) is 0 Å². The molecule has 26 heavy (non-hydrogen) atoms. The highest BCUT2D eigenvalue weighted by Crippen LogP contribution is 2.28. The van der Waals surface area contributed by atoms with E-state index in [-0.39, 0.29) is 5.89 Å². The van der Waals surface area contributed by atoms with Crippen LogP contribution in [0, 0.1) is 0 Å². The van der Waals surface area contributed by atoms with Crippen molar-refractivity contribution in [1.82, 2.24) is 10.1 Å². The summed E-state index contributed by atoms with van der Waals surface area (Å²) in [4.78, 5) is 4.34. The van der Waals surface area contributed by atoms with E-state index in [1.165, 1.54) is 0 Å². The van der Waals surface area contributed by atoms with Gasteiger partial charge in [-0.2, -0.15) is 4.98 Å². The van der Waals surface area contributed by atoms with Crippen LogP contribution in [0.2, 0.25) is 0 Å². The molecule has 0 fully saturated rings. The van der Waals surface area contributed by atoms with Gasteiger partial charge in [-0.1, -0.05) is 16.8 Å². The van der Waals surface area contributed by atoms with E-state index in [9.17, 15) is 0 Å². The van der Waals surface area contributed by atoms with Gasteiger partial charge in [0.25, 0.3) is 5.89 Å². The maximum atomic E-state index is 6.34. The number of hydrogen-bond donors (Lipinski definition) is 0. The van der Waals surface area contributed by atoms with Crippen molar-refractivity contribution in [3.05, 3.63) is 53.9 Å². The van der Waals surface area contributed by atoms with Gasteiger partial charge in [0.15, 0.2) is 0 Å². The molecule has 0 spiro atoms. The molecule has 2 aromatic carbocycles. The van der Waals surface area contributed by atoms with Crippen molar-refractivity contribution >= 4 is 22.7 Å². The largest absolute Gasteiger partial charge is 0.497 e. The lowest BCUT2D eigenvalue weighted by Gasteiger charge is -2.05. The lowest BCUT2D eigenvalue weighted by molar-refractivity contribution is 0.394. The Labute approximate surface area is 156 Å². The number of nitrogens with zero attached hydrogens (tertiary/aromatic N) is 2. The third-order valence-corrected chi connectivity index (χ3v) is 3.92. The minimum atomic E-state index is 0.222. The Hall–Kier alpha value is -2.99. The molecule has 0 aliphatic carbocycles. The van der Waals surface area contributed by atoms with Crippen molar-refractivity contribution in [3.63, 3.8) is 0 Å². The topological polar surface area (TPSA) is 66.6 Å². The summed E-state index contributed by atoms with van der Waals surface area (Å²) in [5.41, 5.74) is 1.59. The molecule has 3 rings (SSSR count).